The van der Waals surface area contributed by atoms with Crippen LogP contribution in [0.1, 0.15) is 40.8 Å². The molecule has 0 spiro atoms. The van der Waals surface area contributed by atoms with Gasteiger partial charge in [0.15, 0.2) is 0 Å². The number of nitrogens with two attached hydrogens (primary N) is 1. The number of aryl methyl sites for hydroxylation is 1. The number of halogens is 7. The minimum absolute atomic E-state index is 0.0707. The van der Waals surface area contributed by atoms with Crippen LogP contribution in [-0.2, 0) is 17.4 Å². The molecule has 0 radical (unpaired) electrons. The van der Waals surface area contributed by atoms with Gasteiger partial charge in [-0.15, -0.1) is 13.2 Å². The summed E-state index contributed by atoms with van der Waals surface area (Å²) in [5.41, 5.74) is 5.62. The van der Waals surface area contributed by atoms with Crippen molar-refractivity contribution in [2.75, 3.05) is 0 Å². The first-order valence-corrected chi connectivity index (χ1v) is 10.6. The Morgan fingerprint density at radius 2 is 1.56 bits per heavy atom. The van der Waals surface area contributed by atoms with Gasteiger partial charge in [0, 0.05) is 17.7 Å². The van der Waals surface area contributed by atoms with E-state index in [-0.39, 0.29) is 18.4 Å². The number of ether oxygens (including phenoxy) is 1. The van der Waals surface area contributed by atoms with E-state index in [9.17, 15) is 35.5 Å². The molecule has 0 aliphatic rings. The topological polar surface area (TPSA) is 64.4 Å². The second-order valence-electron chi connectivity index (χ2n) is 7.93. The first kappa shape index (κ1) is 27.0. The van der Waals surface area contributed by atoms with E-state index in [2.05, 4.69) is 10.1 Å². The van der Waals surface area contributed by atoms with Crippen LogP contribution >= 0.6 is 0 Å². The summed E-state index contributed by atoms with van der Waals surface area (Å²) in [7, 11) is 0. The lowest BCUT2D eigenvalue weighted by atomic mass is 9.95. The number of carbonyl (C=O) groups excluding carboxylic acids is 1. The molecule has 4 nitrogen and oxygen atoms in total. The number of nitrogens with one attached hydrogen (secondary N) is 1. The summed E-state index contributed by atoms with van der Waals surface area (Å²) in [5, 5.41) is 2.94. The zero-order chi connectivity index (χ0) is 26.5. The third-order valence-corrected chi connectivity index (χ3v) is 5.37. The molecule has 3 rings (SSSR count). The molecule has 3 aromatic carbocycles. The highest BCUT2D eigenvalue weighted by Crippen LogP contribution is 2.32. The number of primary amides is 1. The summed E-state index contributed by atoms with van der Waals surface area (Å²) >= 11 is 0. The van der Waals surface area contributed by atoms with Gasteiger partial charge in [0.1, 0.15) is 17.6 Å². The molecule has 36 heavy (non-hydrogen) atoms. The Labute approximate surface area is 201 Å². The van der Waals surface area contributed by atoms with Crippen molar-refractivity contribution < 1.29 is 40.3 Å². The molecule has 192 valence electrons. The fourth-order valence-corrected chi connectivity index (χ4v) is 3.68. The molecule has 0 aromatic heterocycles. The number of amides is 1. The second-order valence-corrected chi connectivity index (χ2v) is 7.93. The maximum absolute atomic E-state index is 14.9. The molecule has 3 aromatic rings. The summed E-state index contributed by atoms with van der Waals surface area (Å²) in [6.45, 7) is 0. The van der Waals surface area contributed by atoms with Crippen LogP contribution in [-0.4, -0.2) is 12.3 Å². The maximum Gasteiger partial charge on any atom is 0.573 e. The van der Waals surface area contributed by atoms with Gasteiger partial charge in [-0.2, -0.15) is 13.2 Å². The van der Waals surface area contributed by atoms with Gasteiger partial charge in [-0.3, -0.25) is 10.1 Å². The Balaban J connectivity index is 1.90. The van der Waals surface area contributed by atoms with Gasteiger partial charge in [-0.25, -0.2) is 4.39 Å². The van der Waals surface area contributed by atoms with Crippen molar-refractivity contribution in [2.45, 2.75) is 37.5 Å². The predicted octanol–water partition coefficient (Wildman–Crippen LogP) is 6.23. The number of carbonyl (C=O) groups is 1. The maximum atomic E-state index is 14.9. The lowest BCUT2D eigenvalue weighted by molar-refractivity contribution is -0.274. The summed E-state index contributed by atoms with van der Waals surface area (Å²) in [6, 6.07) is 13.2. The number of hydrogen-bond donors (Lipinski definition) is 2. The average molecular weight is 514 g/mol. The van der Waals surface area contributed by atoms with E-state index in [4.69, 9.17) is 5.73 Å². The summed E-state index contributed by atoms with van der Waals surface area (Å²) < 4.78 is 94.7. The monoisotopic (exact) mass is 514 g/mol. The molecule has 0 saturated heterocycles. The highest BCUT2D eigenvalue weighted by atomic mass is 19.4. The van der Waals surface area contributed by atoms with E-state index in [1.807, 2.05) is 0 Å². The third-order valence-electron chi connectivity index (χ3n) is 5.37. The van der Waals surface area contributed by atoms with Crippen LogP contribution in [0, 0.1) is 5.82 Å². The predicted molar refractivity (Wildman–Crippen MR) is 117 cm³/mol. The Morgan fingerprint density at radius 1 is 0.917 bits per heavy atom. The first-order chi connectivity index (χ1) is 16.8. The number of benzene rings is 3. The van der Waals surface area contributed by atoms with Crippen molar-refractivity contribution in [1.82, 2.24) is 5.32 Å². The summed E-state index contributed by atoms with van der Waals surface area (Å²) in [6.07, 6.45) is -9.27. The lowest BCUT2D eigenvalue weighted by Crippen LogP contribution is -2.36. The molecule has 0 bridgehead atoms. The van der Waals surface area contributed by atoms with Gasteiger partial charge in [0.2, 0.25) is 5.91 Å². The van der Waals surface area contributed by atoms with Crippen molar-refractivity contribution >= 4 is 5.91 Å². The van der Waals surface area contributed by atoms with Crippen molar-refractivity contribution in [3.05, 3.63) is 101 Å². The second kappa shape index (κ2) is 11.0. The minimum Gasteiger partial charge on any atom is -0.406 e. The van der Waals surface area contributed by atoms with Crippen LogP contribution < -0.4 is 15.8 Å². The van der Waals surface area contributed by atoms with Crippen LogP contribution in [0.2, 0.25) is 0 Å². The first-order valence-electron chi connectivity index (χ1n) is 10.6. The molecule has 0 fully saturated rings. The Morgan fingerprint density at radius 3 is 2.08 bits per heavy atom. The van der Waals surface area contributed by atoms with E-state index in [0.717, 1.165) is 24.3 Å². The fraction of sp³-hybridized carbons (Fsp3) is 0.240. The van der Waals surface area contributed by atoms with Crippen molar-refractivity contribution in [2.24, 2.45) is 5.73 Å². The highest BCUT2D eigenvalue weighted by molar-refractivity contribution is 5.81. The normalized spacial score (nSPS) is 13.8. The summed E-state index contributed by atoms with van der Waals surface area (Å²) in [4.78, 5) is 12.2. The zero-order valence-electron chi connectivity index (χ0n) is 18.5. The van der Waals surface area contributed by atoms with Crippen LogP contribution in [0.3, 0.4) is 0 Å². The van der Waals surface area contributed by atoms with Gasteiger partial charge in [0.25, 0.3) is 0 Å². The molecule has 0 saturated carbocycles. The van der Waals surface area contributed by atoms with Gasteiger partial charge in [-0.1, -0.05) is 48.5 Å². The molecule has 2 unspecified atom stereocenters. The SMILES string of the molecule is NC(=O)C(NC(CCc1ccc(C(F)(F)F)cc1)c1ccc(OC(F)(F)F)cc1F)c1ccccc1. The highest BCUT2D eigenvalue weighted by Gasteiger charge is 2.32. The smallest absolute Gasteiger partial charge is 0.406 e. The Hall–Kier alpha value is -3.60. The number of hydrogen-bond acceptors (Lipinski definition) is 3. The van der Waals surface area contributed by atoms with E-state index in [1.54, 1.807) is 30.3 Å². The van der Waals surface area contributed by atoms with Crippen LogP contribution in [0.15, 0.2) is 72.8 Å². The number of rotatable bonds is 9. The summed E-state index contributed by atoms with van der Waals surface area (Å²) in [5.74, 6) is -2.57. The van der Waals surface area contributed by atoms with E-state index in [1.165, 1.54) is 12.1 Å². The quantitative estimate of drug-likeness (QED) is 0.333. The van der Waals surface area contributed by atoms with Crippen molar-refractivity contribution in [1.29, 1.82) is 0 Å². The average Bonchev–Trinajstić information content (AvgIpc) is 2.79. The molecular formula is C25H21F7N2O2. The van der Waals surface area contributed by atoms with Crippen LogP contribution in [0.5, 0.6) is 5.75 Å². The fourth-order valence-electron chi connectivity index (χ4n) is 3.68. The molecule has 1 amide bonds. The molecule has 0 aliphatic carbocycles. The van der Waals surface area contributed by atoms with E-state index in [0.29, 0.717) is 17.2 Å². The zero-order valence-corrected chi connectivity index (χ0v) is 18.5. The molecule has 11 heteroatoms. The van der Waals surface area contributed by atoms with Crippen molar-refractivity contribution in [3.63, 3.8) is 0 Å². The minimum atomic E-state index is -5.02. The molecule has 0 aliphatic heterocycles. The lowest BCUT2D eigenvalue weighted by Gasteiger charge is -2.25. The molecule has 0 heterocycles. The van der Waals surface area contributed by atoms with Crippen LogP contribution in [0.4, 0.5) is 30.7 Å². The van der Waals surface area contributed by atoms with Gasteiger partial charge in [-0.05, 0) is 42.2 Å². The van der Waals surface area contributed by atoms with Crippen molar-refractivity contribution in [3.8, 4) is 5.75 Å². The third kappa shape index (κ3) is 7.45. The molecular weight excluding hydrogens is 493 g/mol. The molecule has 3 N–H and O–H groups in total. The van der Waals surface area contributed by atoms with Gasteiger partial charge < -0.3 is 10.5 Å². The van der Waals surface area contributed by atoms with Gasteiger partial charge in [0.05, 0.1) is 5.56 Å². The number of alkyl halides is 6. The van der Waals surface area contributed by atoms with E-state index >= 15 is 0 Å². The van der Waals surface area contributed by atoms with Crippen LogP contribution in [0.25, 0.3) is 0 Å². The van der Waals surface area contributed by atoms with Gasteiger partial charge >= 0.3 is 12.5 Å². The Kier molecular flexibility index (Phi) is 8.24. The Bertz CT molecular complexity index is 1160. The molecule has 2 atom stereocenters. The largest absolute Gasteiger partial charge is 0.573 e. The standard InChI is InChI=1S/C25H21F7N2O2/c26-20-14-18(36-25(30,31)32)11-12-19(20)21(34-22(23(33)35)16-4-2-1-3-5-16)13-8-15-6-9-17(10-7-15)24(27,28)29/h1-7,9-12,14,21-22,34H,8,13H2,(H2,33,35). The van der Waals surface area contributed by atoms with E-state index < -0.39 is 47.7 Å².